The van der Waals surface area contributed by atoms with Crippen molar-refractivity contribution in [2.45, 2.75) is 19.4 Å². The highest BCUT2D eigenvalue weighted by Crippen LogP contribution is 2.33. The lowest BCUT2D eigenvalue weighted by molar-refractivity contribution is -0.151. The van der Waals surface area contributed by atoms with E-state index in [-0.39, 0.29) is 24.7 Å². The molecule has 0 radical (unpaired) electrons. The summed E-state index contributed by atoms with van der Waals surface area (Å²) >= 11 is 0. The molecule has 3 aromatic carbocycles. The first kappa shape index (κ1) is 24.8. The van der Waals surface area contributed by atoms with Crippen LogP contribution >= 0.6 is 0 Å². The molecule has 0 spiro atoms. The lowest BCUT2D eigenvalue weighted by Crippen LogP contribution is -2.30. The minimum atomic E-state index is -0.971. The van der Waals surface area contributed by atoms with Crippen molar-refractivity contribution in [2.24, 2.45) is 5.92 Å². The number of rotatable bonds is 9. The molecule has 8 heteroatoms. The molecular formula is C28H27NO7. The number of hydrogen-bond acceptors (Lipinski definition) is 7. The predicted octanol–water partition coefficient (Wildman–Crippen LogP) is 4.66. The van der Waals surface area contributed by atoms with Crippen molar-refractivity contribution in [3.05, 3.63) is 78.4 Å². The standard InChI is InChI=1S/C28H27NO7/c1-18(27(31)19-8-12-22(33-2)13-9-19)35-28(32)20-16-26(30)29(17-20)21-10-14-23(15-11-21)36-25-7-5-4-6-24(25)34-3/h4-15,18,20H,16-17H2,1-3H3/t18-,20+/m0/s1. The van der Waals surface area contributed by atoms with Gasteiger partial charge >= 0.3 is 5.97 Å². The molecule has 1 aliphatic heterocycles. The number of nitrogens with zero attached hydrogens (tertiary/aromatic N) is 1. The molecular weight excluding hydrogens is 462 g/mol. The van der Waals surface area contributed by atoms with Gasteiger partial charge in [-0.2, -0.15) is 0 Å². The summed E-state index contributed by atoms with van der Waals surface area (Å²) in [6, 6.07) is 20.9. The minimum absolute atomic E-state index is 0.0156. The van der Waals surface area contributed by atoms with Crippen molar-refractivity contribution >= 4 is 23.3 Å². The van der Waals surface area contributed by atoms with E-state index in [9.17, 15) is 14.4 Å². The zero-order chi connectivity index (χ0) is 25.7. The summed E-state index contributed by atoms with van der Waals surface area (Å²) < 4.78 is 21.7. The van der Waals surface area contributed by atoms with Crippen LogP contribution in [0.1, 0.15) is 23.7 Å². The zero-order valence-corrected chi connectivity index (χ0v) is 20.3. The fourth-order valence-corrected chi connectivity index (χ4v) is 3.95. The molecule has 0 N–H and O–H groups in total. The third kappa shape index (κ3) is 5.49. The maximum Gasteiger partial charge on any atom is 0.312 e. The van der Waals surface area contributed by atoms with Crippen LogP contribution in [0.25, 0.3) is 0 Å². The lowest BCUT2D eigenvalue weighted by atomic mass is 10.1. The second-order valence-corrected chi connectivity index (χ2v) is 8.32. The van der Waals surface area contributed by atoms with Gasteiger partial charge in [-0.25, -0.2) is 0 Å². The topological polar surface area (TPSA) is 91.4 Å². The Morgan fingerprint density at radius 3 is 2.14 bits per heavy atom. The van der Waals surface area contributed by atoms with Crippen LogP contribution in [0.15, 0.2) is 72.8 Å². The number of amides is 1. The van der Waals surface area contributed by atoms with Gasteiger partial charge in [0, 0.05) is 24.2 Å². The van der Waals surface area contributed by atoms with E-state index in [1.807, 2.05) is 12.1 Å². The number of benzene rings is 3. The molecule has 1 aliphatic rings. The lowest BCUT2D eigenvalue weighted by Gasteiger charge is -2.18. The van der Waals surface area contributed by atoms with Gasteiger partial charge in [0.15, 0.2) is 17.6 Å². The van der Waals surface area contributed by atoms with Gasteiger partial charge in [0.25, 0.3) is 0 Å². The van der Waals surface area contributed by atoms with Gasteiger partial charge in [-0.15, -0.1) is 0 Å². The molecule has 186 valence electrons. The molecule has 4 rings (SSSR count). The number of ketones is 1. The molecule has 0 unspecified atom stereocenters. The van der Waals surface area contributed by atoms with E-state index in [0.717, 1.165) is 0 Å². The summed E-state index contributed by atoms with van der Waals surface area (Å²) in [5.41, 5.74) is 1.06. The highest BCUT2D eigenvalue weighted by Gasteiger charge is 2.37. The number of ether oxygens (including phenoxy) is 4. The second kappa shape index (κ2) is 10.9. The number of carbonyl (C=O) groups is 3. The van der Waals surface area contributed by atoms with Gasteiger partial charge in [0.05, 0.1) is 20.1 Å². The first-order valence-corrected chi connectivity index (χ1v) is 11.5. The van der Waals surface area contributed by atoms with Crippen molar-refractivity contribution in [3.63, 3.8) is 0 Å². The van der Waals surface area contributed by atoms with Crippen molar-refractivity contribution in [2.75, 3.05) is 25.7 Å². The molecule has 1 heterocycles. The fraction of sp³-hybridized carbons (Fsp3) is 0.250. The zero-order valence-electron chi connectivity index (χ0n) is 20.3. The Kier molecular flexibility index (Phi) is 7.53. The van der Waals surface area contributed by atoms with Gasteiger partial charge in [0.1, 0.15) is 11.5 Å². The minimum Gasteiger partial charge on any atom is -0.497 e. The maximum absolute atomic E-state index is 12.7. The summed E-state index contributed by atoms with van der Waals surface area (Å²) in [4.78, 5) is 39.5. The first-order valence-electron chi connectivity index (χ1n) is 11.5. The van der Waals surface area contributed by atoms with Crippen LogP contribution in [0.2, 0.25) is 0 Å². The highest BCUT2D eigenvalue weighted by atomic mass is 16.5. The van der Waals surface area contributed by atoms with Gasteiger partial charge in [-0.05, 0) is 67.6 Å². The van der Waals surface area contributed by atoms with E-state index < -0.39 is 18.0 Å². The Morgan fingerprint density at radius 1 is 0.861 bits per heavy atom. The third-order valence-corrected chi connectivity index (χ3v) is 5.94. The normalized spacial score (nSPS) is 15.8. The Bertz CT molecular complexity index is 1240. The largest absolute Gasteiger partial charge is 0.497 e. The molecule has 8 nitrogen and oxygen atoms in total. The Labute approximate surface area is 209 Å². The molecule has 3 aromatic rings. The quantitative estimate of drug-likeness (QED) is 0.319. The van der Waals surface area contributed by atoms with E-state index >= 15 is 0 Å². The number of hydrogen-bond donors (Lipinski definition) is 0. The molecule has 1 fully saturated rings. The van der Waals surface area contributed by atoms with Crippen LogP contribution in [0.3, 0.4) is 0 Å². The van der Waals surface area contributed by atoms with Gasteiger partial charge in [-0.1, -0.05) is 12.1 Å². The summed E-state index contributed by atoms with van der Waals surface area (Å²) in [5.74, 6) is 0.645. The van der Waals surface area contributed by atoms with E-state index in [2.05, 4.69) is 0 Å². The number of para-hydroxylation sites is 2. The highest BCUT2D eigenvalue weighted by molar-refractivity contribution is 6.02. The molecule has 0 bridgehead atoms. The van der Waals surface area contributed by atoms with Gasteiger partial charge < -0.3 is 23.8 Å². The predicted molar refractivity (Wildman–Crippen MR) is 133 cm³/mol. The van der Waals surface area contributed by atoms with Crippen molar-refractivity contribution < 1.29 is 33.3 Å². The Balaban J connectivity index is 1.36. The van der Waals surface area contributed by atoms with E-state index in [1.54, 1.807) is 67.8 Å². The number of methoxy groups -OCH3 is 2. The molecule has 1 saturated heterocycles. The van der Waals surface area contributed by atoms with E-state index in [4.69, 9.17) is 18.9 Å². The van der Waals surface area contributed by atoms with Crippen LogP contribution in [-0.2, 0) is 14.3 Å². The second-order valence-electron chi connectivity index (χ2n) is 8.32. The number of carbonyl (C=O) groups excluding carboxylic acids is 3. The van der Waals surface area contributed by atoms with Crippen LogP contribution in [0.5, 0.6) is 23.0 Å². The van der Waals surface area contributed by atoms with Crippen LogP contribution < -0.4 is 19.1 Å². The summed E-state index contributed by atoms with van der Waals surface area (Å²) in [6.07, 6.45) is -0.955. The molecule has 0 aliphatic carbocycles. The van der Waals surface area contributed by atoms with Crippen LogP contribution in [-0.4, -0.2) is 44.5 Å². The molecule has 36 heavy (non-hydrogen) atoms. The average Bonchev–Trinajstić information content (AvgIpc) is 3.30. The maximum atomic E-state index is 12.7. The Morgan fingerprint density at radius 2 is 1.50 bits per heavy atom. The van der Waals surface area contributed by atoms with Crippen molar-refractivity contribution in [1.82, 2.24) is 0 Å². The SMILES string of the molecule is COc1ccc(C(=O)[C@H](C)OC(=O)[C@@H]2CC(=O)N(c3ccc(Oc4ccccc4OC)cc3)C2)cc1. The smallest absolute Gasteiger partial charge is 0.312 e. The van der Waals surface area contributed by atoms with Crippen LogP contribution in [0.4, 0.5) is 5.69 Å². The van der Waals surface area contributed by atoms with Crippen molar-refractivity contribution in [3.8, 4) is 23.0 Å². The van der Waals surface area contributed by atoms with E-state index in [1.165, 1.54) is 18.9 Å². The van der Waals surface area contributed by atoms with Gasteiger partial charge in [0.2, 0.25) is 11.7 Å². The summed E-state index contributed by atoms with van der Waals surface area (Å²) in [5, 5.41) is 0. The van der Waals surface area contributed by atoms with E-state index in [0.29, 0.717) is 34.2 Å². The average molecular weight is 490 g/mol. The monoisotopic (exact) mass is 489 g/mol. The fourth-order valence-electron chi connectivity index (χ4n) is 3.95. The molecule has 0 saturated carbocycles. The summed E-state index contributed by atoms with van der Waals surface area (Å²) in [7, 11) is 3.11. The number of Topliss-reactive ketones (excluding diaryl/α,β-unsaturated/α-hetero) is 1. The third-order valence-electron chi connectivity index (χ3n) is 5.94. The Hall–Kier alpha value is -4.33. The van der Waals surface area contributed by atoms with Crippen molar-refractivity contribution in [1.29, 1.82) is 0 Å². The number of esters is 1. The molecule has 0 aromatic heterocycles. The van der Waals surface area contributed by atoms with Crippen LogP contribution in [0, 0.1) is 5.92 Å². The summed E-state index contributed by atoms with van der Waals surface area (Å²) in [6.45, 7) is 1.70. The number of anilines is 1. The molecule has 1 amide bonds. The first-order chi connectivity index (χ1) is 17.4. The van der Waals surface area contributed by atoms with Gasteiger partial charge in [-0.3, -0.25) is 14.4 Å². The molecule has 2 atom stereocenters.